The van der Waals surface area contributed by atoms with Gasteiger partial charge in [0.2, 0.25) is 0 Å². The number of ether oxygens (including phenoxy) is 1. The number of pyridine rings is 1. The number of hydrogen-bond acceptors (Lipinski definition) is 4. The van der Waals surface area contributed by atoms with Crippen LogP contribution in [-0.2, 0) is 4.74 Å². The standard InChI is InChI=1S/C14H14N2O2/c1-10-9-13(7-8-15-10)16-12-5-3-11(4-6-12)14(17)18-2/h3-9H,1-2H3,(H,15,16). The third kappa shape index (κ3) is 2.85. The molecule has 0 unspecified atom stereocenters. The van der Waals surface area contributed by atoms with Gasteiger partial charge in [-0.2, -0.15) is 0 Å². The van der Waals surface area contributed by atoms with Crippen LogP contribution in [0.4, 0.5) is 11.4 Å². The summed E-state index contributed by atoms with van der Waals surface area (Å²) in [5.41, 5.74) is 3.36. The molecule has 18 heavy (non-hydrogen) atoms. The molecule has 1 aromatic carbocycles. The molecule has 4 heteroatoms. The first-order valence-electron chi connectivity index (χ1n) is 5.57. The molecule has 0 aliphatic rings. The average molecular weight is 242 g/mol. The van der Waals surface area contributed by atoms with E-state index in [0.717, 1.165) is 17.1 Å². The molecule has 92 valence electrons. The second-order valence-corrected chi connectivity index (χ2v) is 3.88. The molecule has 0 fully saturated rings. The summed E-state index contributed by atoms with van der Waals surface area (Å²) in [5, 5.41) is 3.24. The van der Waals surface area contributed by atoms with E-state index in [4.69, 9.17) is 0 Å². The fraction of sp³-hybridized carbons (Fsp3) is 0.143. The molecule has 0 spiro atoms. The fourth-order valence-electron chi connectivity index (χ4n) is 1.60. The van der Waals surface area contributed by atoms with Crippen LogP contribution in [-0.4, -0.2) is 18.1 Å². The van der Waals surface area contributed by atoms with Crippen LogP contribution < -0.4 is 5.32 Å². The van der Waals surface area contributed by atoms with Crippen LogP contribution in [0, 0.1) is 6.92 Å². The number of methoxy groups -OCH3 is 1. The number of hydrogen-bond donors (Lipinski definition) is 1. The minimum Gasteiger partial charge on any atom is -0.465 e. The third-order valence-corrected chi connectivity index (χ3v) is 2.49. The third-order valence-electron chi connectivity index (χ3n) is 2.49. The Morgan fingerprint density at radius 1 is 1.17 bits per heavy atom. The van der Waals surface area contributed by atoms with Crippen LogP contribution >= 0.6 is 0 Å². The van der Waals surface area contributed by atoms with Crippen molar-refractivity contribution >= 4 is 17.3 Å². The number of carbonyl (C=O) groups is 1. The van der Waals surface area contributed by atoms with E-state index >= 15 is 0 Å². The SMILES string of the molecule is COC(=O)c1ccc(Nc2ccnc(C)c2)cc1. The van der Waals surface area contributed by atoms with E-state index in [1.165, 1.54) is 7.11 Å². The zero-order chi connectivity index (χ0) is 13.0. The van der Waals surface area contributed by atoms with Crippen LogP contribution in [0.25, 0.3) is 0 Å². The summed E-state index contributed by atoms with van der Waals surface area (Å²) >= 11 is 0. The van der Waals surface area contributed by atoms with Crippen molar-refractivity contribution in [2.24, 2.45) is 0 Å². The zero-order valence-electron chi connectivity index (χ0n) is 10.3. The molecule has 0 saturated heterocycles. The molecular weight excluding hydrogens is 228 g/mol. The van der Waals surface area contributed by atoms with Gasteiger partial charge < -0.3 is 10.1 Å². The van der Waals surface area contributed by atoms with Gasteiger partial charge in [0.25, 0.3) is 0 Å². The Morgan fingerprint density at radius 2 is 1.89 bits per heavy atom. The van der Waals surface area contributed by atoms with Gasteiger partial charge in [-0.15, -0.1) is 0 Å². The number of aryl methyl sites for hydroxylation is 1. The Bertz CT molecular complexity index is 550. The topological polar surface area (TPSA) is 51.2 Å². The van der Waals surface area contributed by atoms with Gasteiger partial charge in [-0.1, -0.05) is 0 Å². The maximum Gasteiger partial charge on any atom is 0.337 e. The van der Waals surface area contributed by atoms with Gasteiger partial charge in [-0.05, 0) is 43.3 Å². The molecule has 0 aliphatic heterocycles. The summed E-state index contributed by atoms with van der Waals surface area (Å²) in [4.78, 5) is 15.4. The highest BCUT2D eigenvalue weighted by atomic mass is 16.5. The first kappa shape index (κ1) is 12.1. The first-order valence-corrected chi connectivity index (χ1v) is 5.57. The fourth-order valence-corrected chi connectivity index (χ4v) is 1.60. The molecule has 1 N–H and O–H groups in total. The molecule has 0 saturated carbocycles. The zero-order valence-corrected chi connectivity index (χ0v) is 10.3. The minimum atomic E-state index is -0.332. The van der Waals surface area contributed by atoms with Gasteiger partial charge in [0.15, 0.2) is 0 Å². The van der Waals surface area contributed by atoms with E-state index in [1.54, 1.807) is 18.3 Å². The van der Waals surface area contributed by atoms with Crippen LogP contribution in [0.3, 0.4) is 0 Å². The monoisotopic (exact) mass is 242 g/mol. The molecule has 0 bridgehead atoms. The lowest BCUT2D eigenvalue weighted by atomic mass is 10.2. The van der Waals surface area contributed by atoms with Gasteiger partial charge in [-0.3, -0.25) is 4.98 Å². The van der Waals surface area contributed by atoms with Crippen molar-refractivity contribution in [3.63, 3.8) is 0 Å². The number of benzene rings is 1. The normalized spacial score (nSPS) is 9.89. The number of aromatic nitrogens is 1. The van der Waals surface area contributed by atoms with Gasteiger partial charge in [-0.25, -0.2) is 4.79 Å². The number of nitrogens with zero attached hydrogens (tertiary/aromatic N) is 1. The summed E-state index contributed by atoms with van der Waals surface area (Å²) in [5.74, 6) is -0.332. The molecule has 0 atom stereocenters. The quantitative estimate of drug-likeness (QED) is 0.841. The van der Waals surface area contributed by atoms with E-state index in [9.17, 15) is 4.79 Å². The number of esters is 1. The Labute approximate surface area is 106 Å². The Kier molecular flexibility index (Phi) is 3.57. The lowest BCUT2D eigenvalue weighted by molar-refractivity contribution is 0.0601. The molecule has 2 aromatic rings. The van der Waals surface area contributed by atoms with Crippen LogP contribution in [0.2, 0.25) is 0 Å². The summed E-state index contributed by atoms with van der Waals surface area (Å²) in [7, 11) is 1.37. The van der Waals surface area contributed by atoms with Crippen molar-refractivity contribution < 1.29 is 9.53 Å². The minimum absolute atomic E-state index is 0.332. The van der Waals surface area contributed by atoms with E-state index in [2.05, 4.69) is 15.0 Å². The molecule has 1 aromatic heterocycles. The number of rotatable bonds is 3. The predicted molar refractivity (Wildman–Crippen MR) is 70.0 cm³/mol. The highest BCUT2D eigenvalue weighted by Crippen LogP contribution is 2.17. The predicted octanol–water partition coefficient (Wildman–Crippen LogP) is 2.92. The Morgan fingerprint density at radius 3 is 2.50 bits per heavy atom. The molecular formula is C14H14N2O2. The van der Waals surface area contributed by atoms with Crippen molar-refractivity contribution in [1.82, 2.24) is 4.98 Å². The Balaban J connectivity index is 2.13. The second-order valence-electron chi connectivity index (χ2n) is 3.88. The maximum absolute atomic E-state index is 11.3. The first-order chi connectivity index (χ1) is 8.69. The number of nitrogens with one attached hydrogen (secondary N) is 1. The molecule has 2 rings (SSSR count). The van der Waals surface area contributed by atoms with Crippen LogP contribution in [0.1, 0.15) is 16.1 Å². The van der Waals surface area contributed by atoms with Gasteiger partial charge in [0, 0.05) is 23.3 Å². The summed E-state index contributed by atoms with van der Waals surface area (Å²) < 4.78 is 4.64. The largest absolute Gasteiger partial charge is 0.465 e. The number of carbonyl (C=O) groups excluding carboxylic acids is 1. The summed E-state index contributed by atoms with van der Waals surface area (Å²) in [6.45, 7) is 1.94. The molecule has 4 nitrogen and oxygen atoms in total. The van der Waals surface area contributed by atoms with E-state index in [-0.39, 0.29) is 5.97 Å². The molecule has 0 radical (unpaired) electrons. The van der Waals surface area contributed by atoms with Gasteiger partial charge in [0.05, 0.1) is 12.7 Å². The molecule has 0 aliphatic carbocycles. The van der Waals surface area contributed by atoms with E-state index in [0.29, 0.717) is 5.56 Å². The Hall–Kier alpha value is -2.36. The van der Waals surface area contributed by atoms with Crippen molar-refractivity contribution in [3.8, 4) is 0 Å². The molecule has 0 amide bonds. The van der Waals surface area contributed by atoms with E-state index in [1.807, 2.05) is 31.2 Å². The molecule has 1 heterocycles. The van der Waals surface area contributed by atoms with Crippen molar-refractivity contribution in [2.75, 3.05) is 12.4 Å². The summed E-state index contributed by atoms with van der Waals surface area (Å²) in [6, 6.07) is 11.0. The smallest absolute Gasteiger partial charge is 0.337 e. The number of anilines is 2. The van der Waals surface area contributed by atoms with Gasteiger partial charge >= 0.3 is 5.97 Å². The average Bonchev–Trinajstić information content (AvgIpc) is 2.39. The van der Waals surface area contributed by atoms with Crippen molar-refractivity contribution in [3.05, 3.63) is 53.9 Å². The van der Waals surface area contributed by atoms with Crippen molar-refractivity contribution in [2.45, 2.75) is 6.92 Å². The second kappa shape index (κ2) is 5.31. The van der Waals surface area contributed by atoms with Crippen molar-refractivity contribution in [1.29, 1.82) is 0 Å². The van der Waals surface area contributed by atoms with Gasteiger partial charge in [0.1, 0.15) is 0 Å². The highest BCUT2D eigenvalue weighted by Gasteiger charge is 2.04. The highest BCUT2D eigenvalue weighted by molar-refractivity contribution is 5.89. The lowest BCUT2D eigenvalue weighted by Crippen LogP contribution is -2.01. The van der Waals surface area contributed by atoms with E-state index < -0.39 is 0 Å². The lowest BCUT2D eigenvalue weighted by Gasteiger charge is -2.07. The maximum atomic E-state index is 11.3. The van der Waals surface area contributed by atoms with Crippen LogP contribution in [0.5, 0.6) is 0 Å². The van der Waals surface area contributed by atoms with Crippen LogP contribution in [0.15, 0.2) is 42.6 Å². The summed E-state index contributed by atoms with van der Waals surface area (Å²) in [6.07, 6.45) is 1.75.